The van der Waals surface area contributed by atoms with Crippen molar-refractivity contribution in [1.82, 2.24) is 20.4 Å². The predicted octanol–water partition coefficient (Wildman–Crippen LogP) is -0.329. The Morgan fingerprint density at radius 1 is 1.40 bits per heavy atom. The van der Waals surface area contributed by atoms with Crippen molar-refractivity contribution in [1.29, 1.82) is 0 Å². The molecular weight excluding hydrogens is 196 g/mol. The molecule has 0 unspecified atom stereocenters. The van der Waals surface area contributed by atoms with Crippen LogP contribution < -0.4 is 10.6 Å². The number of likely N-dealkylation sites (tertiary alicyclic amines) is 1. The molecule has 6 nitrogen and oxygen atoms in total. The van der Waals surface area contributed by atoms with Crippen LogP contribution in [0.5, 0.6) is 0 Å². The lowest BCUT2D eigenvalue weighted by molar-refractivity contribution is 0.205. The molecule has 0 bridgehead atoms. The molecule has 1 aliphatic heterocycles. The summed E-state index contributed by atoms with van der Waals surface area (Å²) in [6.07, 6.45) is 0.812. The fraction of sp³-hybridized carbons (Fsp3) is 0.778. The van der Waals surface area contributed by atoms with Crippen LogP contribution in [0.4, 0.5) is 9.59 Å². The minimum Gasteiger partial charge on any atom is -0.341 e. The Morgan fingerprint density at radius 3 is 2.60 bits per heavy atom. The van der Waals surface area contributed by atoms with Gasteiger partial charge in [-0.3, -0.25) is 0 Å². The van der Waals surface area contributed by atoms with Crippen LogP contribution in [0.2, 0.25) is 0 Å². The van der Waals surface area contributed by atoms with Gasteiger partial charge in [0.2, 0.25) is 0 Å². The maximum atomic E-state index is 11.3. The van der Waals surface area contributed by atoms with E-state index in [0.717, 1.165) is 6.42 Å². The molecule has 0 saturated carbocycles. The highest BCUT2D eigenvalue weighted by atomic mass is 16.2. The first-order valence-electron chi connectivity index (χ1n) is 4.99. The van der Waals surface area contributed by atoms with E-state index in [2.05, 4.69) is 10.6 Å². The average Bonchev–Trinajstić information content (AvgIpc) is 2.65. The summed E-state index contributed by atoms with van der Waals surface area (Å²) in [5, 5.41) is 5.42. The number of carbonyl (C=O) groups excluding carboxylic acids is 2. The molecule has 86 valence electrons. The van der Waals surface area contributed by atoms with Crippen LogP contribution >= 0.6 is 0 Å². The zero-order valence-corrected chi connectivity index (χ0v) is 9.41. The van der Waals surface area contributed by atoms with Gasteiger partial charge in [0.1, 0.15) is 0 Å². The maximum absolute atomic E-state index is 11.3. The van der Waals surface area contributed by atoms with Crippen molar-refractivity contribution in [2.75, 3.05) is 34.2 Å². The van der Waals surface area contributed by atoms with Crippen LogP contribution in [0.3, 0.4) is 0 Å². The van der Waals surface area contributed by atoms with Gasteiger partial charge in [-0.1, -0.05) is 0 Å². The molecule has 1 heterocycles. The Labute approximate surface area is 89.6 Å². The number of carbonyl (C=O) groups is 2. The van der Waals surface area contributed by atoms with E-state index >= 15 is 0 Å². The predicted molar refractivity (Wildman–Crippen MR) is 56.7 cm³/mol. The summed E-state index contributed by atoms with van der Waals surface area (Å²) < 4.78 is 0. The third-order valence-electron chi connectivity index (χ3n) is 2.42. The lowest BCUT2D eigenvalue weighted by Crippen LogP contribution is -2.44. The lowest BCUT2D eigenvalue weighted by atomic mass is 10.3. The lowest BCUT2D eigenvalue weighted by Gasteiger charge is -2.18. The zero-order valence-electron chi connectivity index (χ0n) is 9.41. The average molecular weight is 214 g/mol. The van der Waals surface area contributed by atoms with E-state index in [9.17, 15) is 9.59 Å². The molecule has 6 heteroatoms. The van der Waals surface area contributed by atoms with Gasteiger partial charge in [-0.25, -0.2) is 9.59 Å². The van der Waals surface area contributed by atoms with Crippen LogP contribution in [-0.2, 0) is 0 Å². The minimum absolute atomic E-state index is 0.0669. The van der Waals surface area contributed by atoms with Crippen molar-refractivity contribution >= 4 is 12.1 Å². The highest BCUT2D eigenvalue weighted by Crippen LogP contribution is 2.08. The highest BCUT2D eigenvalue weighted by Gasteiger charge is 2.26. The van der Waals surface area contributed by atoms with Crippen molar-refractivity contribution in [2.45, 2.75) is 12.5 Å². The molecular formula is C9H18N4O2. The number of nitrogens with one attached hydrogen (secondary N) is 2. The van der Waals surface area contributed by atoms with Gasteiger partial charge in [0.05, 0.1) is 0 Å². The van der Waals surface area contributed by atoms with Gasteiger partial charge in [-0.2, -0.15) is 0 Å². The smallest absolute Gasteiger partial charge is 0.317 e. The standard InChI is InChI=1S/C9H18N4O2/c1-10-8(14)13-5-4-7(6-13)11-9(15)12(2)3/h7H,4-6H2,1-3H3,(H,10,14)(H,11,15)/t7-/m1/s1. The second-order valence-corrected chi connectivity index (χ2v) is 3.83. The van der Waals surface area contributed by atoms with E-state index in [1.807, 2.05) is 0 Å². The maximum Gasteiger partial charge on any atom is 0.317 e. The molecule has 15 heavy (non-hydrogen) atoms. The van der Waals surface area contributed by atoms with Crippen molar-refractivity contribution in [3.8, 4) is 0 Å². The van der Waals surface area contributed by atoms with E-state index in [-0.39, 0.29) is 18.1 Å². The Morgan fingerprint density at radius 2 is 2.07 bits per heavy atom. The SMILES string of the molecule is CNC(=O)N1CC[C@@H](NC(=O)N(C)C)C1. The van der Waals surface area contributed by atoms with Crippen LogP contribution in [0.15, 0.2) is 0 Å². The number of urea groups is 2. The van der Waals surface area contributed by atoms with Crippen LogP contribution in [-0.4, -0.2) is 62.1 Å². The van der Waals surface area contributed by atoms with Gasteiger partial charge in [0.25, 0.3) is 0 Å². The molecule has 1 aliphatic rings. The Bertz CT molecular complexity index is 254. The number of rotatable bonds is 1. The van der Waals surface area contributed by atoms with E-state index in [0.29, 0.717) is 13.1 Å². The first-order valence-corrected chi connectivity index (χ1v) is 4.99. The van der Waals surface area contributed by atoms with Crippen LogP contribution in [0.1, 0.15) is 6.42 Å². The third-order valence-corrected chi connectivity index (χ3v) is 2.42. The molecule has 0 radical (unpaired) electrons. The quantitative estimate of drug-likeness (QED) is 0.628. The van der Waals surface area contributed by atoms with Crippen molar-refractivity contribution < 1.29 is 9.59 Å². The Balaban J connectivity index is 2.37. The minimum atomic E-state index is -0.112. The number of hydrogen-bond acceptors (Lipinski definition) is 2. The van der Waals surface area contributed by atoms with Gasteiger partial charge < -0.3 is 20.4 Å². The fourth-order valence-corrected chi connectivity index (χ4v) is 1.52. The molecule has 1 rings (SSSR count). The van der Waals surface area contributed by atoms with E-state index < -0.39 is 0 Å². The van der Waals surface area contributed by atoms with Crippen LogP contribution in [0, 0.1) is 0 Å². The summed E-state index contributed by atoms with van der Waals surface area (Å²) >= 11 is 0. The van der Waals surface area contributed by atoms with Crippen molar-refractivity contribution in [3.63, 3.8) is 0 Å². The number of hydrogen-bond donors (Lipinski definition) is 2. The highest BCUT2D eigenvalue weighted by molar-refractivity contribution is 5.75. The second kappa shape index (κ2) is 4.86. The molecule has 4 amide bonds. The van der Waals surface area contributed by atoms with Gasteiger partial charge in [0.15, 0.2) is 0 Å². The number of nitrogens with zero attached hydrogens (tertiary/aromatic N) is 2. The molecule has 0 spiro atoms. The summed E-state index contributed by atoms with van der Waals surface area (Å²) in [5.41, 5.74) is 0. The van der Waals surface area contributed by atoms with Gasteiger partial charge in [-0.15, -0.1) is 0 Å². The monoisotopic (exact) mass is 214 g/mol. The van der Waals surface area contributed by atoms with Crippen molar-refractivity contribution in [2.24, 2.45) is 0 Å². The van der Waals surface area contributed by atoms with E-state index in [1.165, 1.54) is 4.90 Å². The summed E-state index contributed by atoms with van der Waals surface area (Å²) in [5.74, 6) is 0. The molecule has 1 atom stereocenters. The number of amides is 4. The summed E-state index contributed by atoms with van der Waals surface area (Å²) in [4.78, 5) is 25.8. The van der Waals surface area contributed by atoms with Gasteiger partial charge in [-0.05, 0) is 6.42 Å². The summed E-state index contributed by atoms with van der Waals surface area (Å²) in [6, 6.07) is -0.132. The second-order valence-electron chi connectivity index (χ2n) is 3.83. The molecule has 1 saturated heterocycles. The summed E-state index contributed by atoms with van der Waals surface area (Å²) in [7, 11) is 5.00. The van der Waals surface area contributed by atoms with Crippen LogP contribution in [0.25, 0.3) is 0 Å². The zero-order chi connectivity index (χ0) is 11.4. The normalized spacial score (nSPS) is 19.9. The Kier molecular flexibility index (Phi) is 3.76. The largest absolute Gasteiger partial charge is 0.341 e. The topological polar surface area (TPSA) is 64.7 Å². The van der Waals surface area contributed by atoms with E-state index in [1.54, 1.807) is 26.0 Å². The van der Waals surface area contributed by atoms with E-state index in [4.69, 9.17) is 0 Å². The van der Waals surface area contributed by atoms with Crippen molar-refractivity contribution in [3.05, 3.63) is 0 Å². The molecule has 1 fully saturated rings. The first-order chi connectivity index (χ1) is 7.04. The molecule has 0 aromatic carbocycles. The molecule has 0 aromatic rings. The molecule has 0 aromatic heterocycles. The fourth-order valence-electron chi connectivity index (χ4n) is 1.52. The third kappa shape index (κ3) is 3.00. The van der Waals surface area contributed by atoms with Gasteiger partial charge >= 0.3 is 12.1 Å². The molecule has 2 N–H and O–H groups in total. The van der Waals surface area contributed by atoms with Gasteiger partial charge in [0, 0.05) is 40.3 Å². The Hall–Kier alpha value is -1.46. The molecule has 0 aliphatic carbocycles. The summed E-state index contributed by atoms with van der Waals surface area (Å²) in [6.45, 7) is 1.28. The first kappa shape index (κ1) is 11.6.